The maximum Gasteiger partial charge on any atom is 0.276 e. The molecule has 1 amide bonds. The van der Waals surface area contributed by atoms with Gasteiger partial charge in [0.2, 0.25) is 0 Å². The minimum Gasteiger partial charge on any atom is -0.393 e. The van der Waals surface area contributed by atoms with E-state index >= 15 is 0 Å². The van der Waals surface area contributed by atoms with Gasteiger partial charge in [-0.3, -0.25) is 19.8 Å². The van der Waals surface area contributed by atoms with E-state index in [0.29, 0.717) is 11.4 Å². The number of fused-ring (bicyclic) bond motifs is 1. The van der Waals surface area contributed by atoms with Crippen LogP contribution in [0.3, 0.4) is 0 Å². The van der Waals surface area contributed by atoms with Gasteiger partial charge in [-0.15, -0.1) is 0 Å². The standard InChI is InChI=1S/C28H32N8O2/c37-23-5-9-35(10-6-23)18-19-13-21(16-30-15-19)20-1-3-25-24(14-20)27(34-33-25)28(38)32-22-2-4-26(31-17-22)36-11-7-29-8-12-36/h1-4,13-17,23,29,37H,5-12,18H2,(H,32,38)(H,33,34). The van der Waals surface area contributed by atoms with Crippen molar-refractivity contribution in [2.24, 2.45) is 0 Å². The Balaban J connectivity index is 1.18. The number of piperazine rings is 1. The molecular weight excluding hydrogens is 480 g/mol. The molecule has 5 heterocycles. The van der Waals surface area contributed by atoms with Crippen LogP contribution in [0.1, 0.15) is 28.9 Å². The molecule has 0 aliphatic carbocycles. The van der Waals surface area contributed by atoms with Crippen LogP contribution in [0.25, 0.3) is 22.0 Å². The third kappa shape index (κ3) is 5.38. The zero-order chi connectivity index (χ0) is 25.9. The normalized spacial score (nSPS) is 17.1. The largest absolute Gasteiger partial charge is 0.393 e. The van der Waals surface area contributed by atoms with Crippen molar-refractivity contribution in [3.8, 4) is 11.1 Å². The van der Waals surface area contributed by atoms with Gasteiger partial charge in [-0.05, 0) is 54.3 Å². The Hall–Kier alpha value is -3.86. The van der Waals surface area contributed by atoms with Crippen molar-refractivity contribution in [2.45, 2.75) is 25.5 Å². The van der Waals surface area contributed by atoms with Crippen molar-refractivity contribution in [1.82, 2.24) is 30.4 Å². The number of benzene rings is 1. The summed E-state index contributed by atoms with van der Waals surface area (Å²) in [6.07, 6.45) is 6.87. The van der Waals surface area contributed by atoms with E-state index in [-0.39, 0.29) is 12.0 Å². The Kier molecular flexibility index (Phi) is 7.00. The van der Waals surface area contributed by atoms with E-state index in [2.05, 4.69) is 46.7 Å². The summed E-state index contributed by atoms with van der Waals surface area (Å²) in [6, 6.07) is 11.9. The van der Waals surface area contributed by atoms with Gasteiger partial charge in [-0.1, -0.05) is 6.07 Å². The Morgan fingerprint density at radius 2 is 1.84 bits per heavy atom. The first-order valence-electron chi connectivity index (χ1n) is 13.2. The summed E-state index contributed by atoms with van der Waals surface area (Å²) >= 11 is 0. The molecule has 3 aromatic heterocycles. The van der Waals surface area contributed by atoms with Crippen LogP contribution in [0.4, 0.5) is 11.5 Å². The molecule has 10 heteroatoms. The number of pyridine rings is 2. The summed E-state index contributed by atoms with van der Waals surface area (Å²) in [5, 5.41) is 24.1. The average Bonchev–Trinajstić information content (AvgIpc) is 3.39. The first-order chi connectivity index (χ1) is 18.6. The summed E-state index contributed by atoms with van der Waals surface area (Å²) < 4.78 is 0. The zero-order valence-electron chi connectivity index (χ0n) is 21.2. The van der Waals surface area contributed by atoms with Gasteiger partial charge in [0, 0.05) is 69.2 Å². The van der Waals surface area contributed by atoms with Crippen LogP contribution in [0.5, 0.6) is 0 Å². The minimum absolute atomic E-state index is 0.184. The monoisotopic (exact) mass is 512 g/mol. The lowest BCUT2D eigenvalue weighted by Crippen LogP contribution is -2.43. The fraction of sp³-hybridized carbons (Fsp3) is 0.357. The van der Waals surface area contributed by atoms with Gasteiger partial charge in [0.05, 0.1) is 23.5 Å². The van der Waals surface area contributed by atoms with Crippen LogP contribution < -0.4 is 15.5 Å². The van der Waals surface area contributed by atoms with Gasteiger partial charge < -0.3 is 20.6 Å². The second-order valence-corrected chi connectivity index (χ2v) is 10.0. The predicted octanol–water partition coefficient (Wildman–Crippen LogP) is 2.64. The smallest absolute Gasteiger partial charge is 0.276 e. The number of carbonyl (C=O) groups excluding carboxylic acids is 1. The quantitative estimate of drug-likeness (QED) is 0.311. The van der Waals surface area contributed by atoms with Gasteiger partial charge in [0.15, 0.2) is 5.69 Å². The van der Waals surface area contributed by atoms with Crippen molar-refractivity contribution in [2.75, 3.05) is 49.5 Å². The molecule has 2 fully saturated rings. The summed E-state index contributed by atoms with van der Waals surface area (Å²) in [5.74, 6) is 0.623. The number of piperidine rings is 1. The fourth-order valence-corrected chi connectivity index (χ4v) is 5.17. The van der Waals surface area contributed by atoms with Gasteiger partial charge in [0.1, 0.15) is 5.82 Å². The maximum atomic E-state index is 13.1. The predicted molar refractivity (Wildman–Crippen MR) is 147 cm³/mol. The lowest BCUT2D eigenvalue weighted by atomic mass is 10.0. The van der Waals surface area contributed by atoms with Crippen LogP contribution in [0, 0.1) is 0 Å². The molecule has 2 aliphatic heterocycles. The number of nitrogens with one attached hydrogen (secondary N) is 3. The van der Waals surface area contributed by atoms with Crippen molar-refractivity contribution in [3.05, 3.63) is 66.2 Å². The number of H-pyrrole nitrogens is 1. The number of hydrogen-bond acceptors (Lipinski definition) is 8. The summed E-state index contributed by atoms with van der Waals surface area (Å²) in [4.78, 5) is 26.7. The molecule has 0 saturated carbocycles. The van der Waals surface area contributed by atoms with Crippen LogP contribution >= 0.6 is 0 Å². The van der Waals surface area contributed by atoms with E-state index in [1.54, 1.807) is 6.20 Å². The van der Waals surface area contributed by atoms with Crippen LogP contribution in [-0.4, -0.2) is 81.5 Å². The topological polar surface area (TPSA) is 122 Å². The van der Waals surface area contributed by atoms with Crippen molar-refractivity contribution >= 4 is 28.3 Å². The van der Waals surface area contributed by atoms with Crippen LogP contribution in [-0.2, 0) is 6.54 Å². The molecule has 6 rings (SSSR count). The molecule has 0 spiro atoms. The molecule has 0 atom stereocenters. The summed E-state index contributed by atoms with van der Waals surface area (Å²) in [6.45, 7) is 6.30. The highest BCUT2D eigenvalue weighted by molar-refractivity contribution is 6.11. The Morgan fingerprint density at radius 3 is 2.63 bits per heavy atom. The average molecular weight is 513 g/mol. The number of amides is 1. The number of carbonyl (C=O) groups is 1. The molecule has 2 aliphatic rings. The van der Waals surface area contributed by atoms with Crippen molar-refractivity contribution in [1.29, 1.82) is 0 Å². The minimum atomic E-state index is -0.288. The van der Waals surface area contributed by atoms with E-state index in [9.17, 15) is 9.90 Å². The third-order valence-corrected chi connectivity index (χ3v) is 7.32. The van der Waals surface area contributed by atoms with E-state index in [0.717, 1.165) is 92.1 Å². The summed E-state index contributed by atoms with van der Waals surface area (Å²) in [5.41, 5.74) is 4.84. The molecular formula is C28H32N8O2. The molecule has 0 radical (unpaired) electrons. The first-order valence-corrected chi connectivity index (χ1v) is 13.2. The second-order valence-electron chi connectivity index (χ2n) is 10.0. The first kappa shape index (κ1) is 24.5. The zero-order valence-corrected chi connectivity index (χ0v) is 21.2. The number of aromatic amines is 1. The Morgan fingerprint density at radius 1 is 1.00 bits per heavy atom. The van der Waals surface area contributed by atoms with E-state index in [1.807, 2.05) is 42.7 Å². The molecule has 2 saturated heterocycles. The molecule has 196 valence electrons. The lowest BCUT2D eigenvalue weighted by Gasteiger charge is -2.29. The molecule has 10 nitrogen and oxygen atoms in total. The highest BCUT2D eigenvalue weighted by Crippen LogP contribution is 2.27. The van der Waals surface area contributed by atoms with Gasteiger partial charge in [0.25, 0.3) is 5.91 Å². The third-order valence-electron chi connectivity index (χ3n) is 7.32. The van der Waals surface area contributed by atoms with Gasteiger partial charge >= 0.3 is 0 Å². The SMILES string of the molecule is O=C(Nc1ccc(N2CCNCC2)nc1)c1n[nH]c2ccc(-c3cncc(CN4CCC(O)CC4)c3)cc12. The molecule has 1 aromatic carbocycles. The molecule has 4 N–H and O–H groups in total. The molecule has 38 heavy (non-hydrogen) atoms. The number of hydrogen-bond donors (Lipinski definition) is 4. The lowest BCUT2D eigenvalue weighted by molar-refractivity contribution is 0.0792. The molecule has 0 bridgehead atoms. The number of nitrogens with zero attached hydrogens (tertiary/aromatic N) is 5. The summed E-state index contributed by atoms with van der Waals surface area (Å²) in [7, 11) is 0. The van der Waals surface area contributed by atoms with Gasteiger partial charge in [-0.25, -0.2) is 4.98 Å². The highest BCUT2D eigenvalue weighted by Gasteiger charge is 2.19. The van der Waals surface area contributed by atoms with Crippen LogP contribution in [0.2, 0.25) is 0 Å². The Bertz CT molecular complexity index is 1410. The van der Waals surface area contributed by atoms with Crippen molar-refractivity contribution in [3.63, 3.8) is 0 Å². The van der Waals surface area contributed by atoms with E-state index in [4.69, 9.17) is 0 Å². The van der Waals surface area contributed by atoms with Crippen molar-refractivity contribution < 1.29 is 9.90 Å². The second kappa shape index (κ2) is 10.9. The number of aromatic nitrogens is 4. The number of aliphatic hydroxyl groups is 1. The number of likely N-dealkylation sites (tertiary alicyclic amines) is 1. The fourth-order valence-electron chi connectivity index (χ4n) is 5.17. The molecule has 4 aromatic rings. The molecule has 0 unspecified atom stereocenters. The van der Waals surface area contributed by atoms with E-state index < -0.39 is 0 Å². The number of rotatable bonds is 6. The number of aliphatic hydroxyl groups excluding tert-OH is 1. The number of anilines is 2. The van der Waals surface area contributed by atoms with Gasteiger partial charge in [-0.2, -0.15) is 5.10 Å². The maximum absolute atomic E-state index is 13.1. The Labute approximate surface area is 221 Å². The van der Waals surface area contributed by atoms with Crippen LogP contribution in [0.15, 0.2) is 55.0 Å². The van der Waals surface area contributed by atoms with E-state index in [1.165, 1.54) is 0 Å². The highest BCUT2D eigenvalue weighted by atomic mass is 16.3.